The molecule has 6 nitrogen and oxygen atoms in total. The molecule has 0 heterocycles. The van der Waals surface area contributed by atoms with E-state index in [2.05, 4.69) is 5.32 Å². The van der Waals surface area contributed by atoms with Crippen LogP contribution in [0.5, 0.6) is 5.75 Å². The van der Waals surface area contributed by atoms with Crippen LogP contribution in [0.2, 0.25) is 0 Å². The van der Waals surface area contributed by atoms with Gasteiger partial charge in [0, 0.05) is 5.56 Å². The van der Waals surface area contributed by atoms with Crippen molar-refractivity contribution in [1.82, 2.24) is 10.7 Å². The van der Waals surface area contributed by atoms with Crippen LogP contribution in [0.1, 0.15) is 17.3 Å². The maximum Gasteiger partial charge on any atom is 0.256 e. The third-order valence-electron chi connectivity index (χ3n) is 2.24. The molecule has 2 amide bonds. The van der Waals surface area contributed by atoms with Crippen LogP contribution in [-0.2, 0) is 4.79 Å². The minimum Gasteiger partial charge on any atom is -0.497 e. The lowest BCUT2D eigenvalue weighted by Crippen LogP contribution is -2.47. The second kappa shape index (κ2) is 5.86. The Labute approximate surface area is 99.1 Å². The average molecular weight is 237 g/mol. The van der Waals surface area contributed by atoms with Gasteiger partial charge in [-0.15, -0.1) is 0 Å². The topological polar surface area (TPSA) is 93.4 Å². The number of carbonyl (C=O) groups is 2. The van der Waals surface area contributed by atoms with Crippen molar-refractivity contribution in [3.05, 3.63) is 29.8 Å². The highest BCUT2D eigenvalue weighted by molar-refractivity contribution is 5.97. The van der Waals surface area contributed by atoms with Crippen LogP contribution < -0.4 is 21.3 Å². The number of carbonyl (C=O) groups excluding carboxylic acids is 2. The Morgan fingerprint density at radius 1 is 1.29 bits per heavy atom. The molecular weight excluding hydrogens is 222 g/mol. The average Bonchev–Trinajstić information content (AvgIpc) is 2.37. The zero-order valence-electron chi connectivity index (χ0n) is 9.69. The first-order valence-corrected chi connectivity index (χ1v) is 5.04. The lowest BCUT2D eigenvalue weighted by atomic mass is 10.2. The van der Waals surface area contributed by atoms with E-state index in [4.69, 9.17) is 10.6 Å². The maximum absolute atomic E-state index is 11.7. The Hall–Kier alpha value is -2.08. The Morgan fingerprint density at radius 3 is 2.35 bits per heavy atom. The first-order chi connectivity index (χ1) is 8.08. The second-order valence-corrected chi connectivity index (χ2v) is 3.43. The smallest absolute Gasteiger partial charge is 0.256 e. The molecule has 92 valence electrons. The van der Waals surface area contributed by atoms with Gasteiger partial charge in [-0.05, 0) is 31.2 Å². The van der Waals surface area contributed by atoms with Crippen LogP contribution in [-0.4, -0.2) is 25.0 Å². The largest absolute Gasteiger partial charge is 0.497 e. The van der Waals surface area contributed by atoms with E-state index < -0.39 is 11.9 Å². The van der Waals surface area contributed by atoms with Gasteiger partial charge in [0.1, 0.15) is 11.8 Å². The predicted octanol–water partition coefficient (Wildman–Crippen LogP) is -0.197. The number of nitrogens with one attached hydrogen (secondary N) is 2. The van der Waals surface area contributed by atoms with Gasteiger partial charge < -0.3 is 10.1 Å². The van der Waals surface area contributed by atoms with Crippen LogP contribution >= 0.6 is 0 Å². The summed E-state index contributed by atoms with van der Waals surface area (Å²) in [6.07, 6.45) is 0. The molecule has 1 aromatic rings. The highest BCUT2D eigenvalue weighted by Crippen LogP contribution is 2.11. The fourth-order valence-electron chi connectivity index (χ4n) is 1.21. The first kappa shape index (κ1) is 13.0. The van der Waals surface area contributed by atoms with Crippen LogP contribution in [0.4, 0.5) is 0 Å². The van der Waals surface area contributed by atoms with E-state index >= 15 is 0 Å². The molecule has 0 radical (unpaired) electrons. The van der Waals surface area contributed by atoms with Crippen LogP contribution in [0, 0.1) is 0 Å². The number of amides is 2. The summed E-state index contributed by atoms with van der Waals surface area (Å²) in [5.41, 5.74) is 2.41. The molecule has 0 aliphatic heterocycles. The van der Waals surface area contributed by atoms with Gasteiger partial charge in [-0.25, -0.2) is 5.84 Å². The van der Waals surface area contributed by atoms with Gasteiger partial charge in [0.05, 0.1) is 7.11 Å². The van der Waals surface area contributed by atoms with Crippen molar-refractivity contribution in [3.8, 4) is 5.75 Å². The molecule has 1 atom stereocenters. The molecule has 0 aromatic heterocycles. The zero-order chi connectivity index (χ0) is 12.8. The van der Waals surface area contributed by atoms with Gasteiger partial charge in [-0.2, -0.15) is 0 Å². The molecule has 1 rings (SSSR count). The van der Waals surface area contributed by atoms with Crippen molar-refractivity contribution >= 4 is 11.8 Å². The molecule has 4 N–H and O–H groups in total. The summed E-state index contributed by atoms with van der Waals surface area (Å²) in [5, 5.41) is 2.51. The summed E-state index contributed by atoms with van der Waals surface area (Å²) in [6, 6.07) is 5.88. The Morgan fingerprint density at radius 2 is 1.88 bits per heavy atom. The number of benzene rings is 1. The number of hydrazine groups is 1. The quantitative estimate of drug-likeness (QED) is 0.384. The van der Waals surface area contributed by atoms with Gasteiger partial charge in [-0.3, -0.25) is 15.0 Å². The number of hydrogen-bond acceptors (Lipinski definition) is 4. The molecule has 0 saturated carbocycles. The standard InChI is InChI=1S/C11H15N3O3/c1-7(10(15)14-12)13-11(16)8-3-5-9(17-2)6-4-8/h3-7H,12H2,1-2H3,(H,13,16)(H,14,15)/t7-/m0/s1. The van der Waals surface area contributed by atoms with Crippen LogP contribution in [0.15, 0.2) is 24.3 Å². The molecule has 0 bridgehead atoms. The van der Waals surface area contributed by atoms with E-state index in [9.17, 15) is 9.59 Å². The van der Waals surface area contributed by atoms with Crippen molar-refractivity contribution < 1.29 is 14.3 Å². The minimum absolute atomic E-state index is 0.344. The molecule has 0 spiro atoms. The third-order valence-corrected chi connectivity index (χ3v) is 2.24. The van der Waals surface area contributed by atoms with Crippen molar-refractivity contribution in [2.45, 2.75) is 13.0 Å². The van der Waals surface area contributed by atoms with E-state index in [1.807, 2.05) is 5.43 Å². The van der Waals surface area contributed by atoms with E-state index in [0.717, 1.165) is 0 Å². The Bertz CT molecular complexity index is 403. The summed E-state index contributed by atoms with van der Waals surface area (Å²) in [5.74, 6) is 4.82. The number of nitrogens with two attached hydrogens (primary N) is 1. The monoisotopic (exact) mass is 237 g/mol. The van der Waals surface area contributed by atoms with Gasteiger partial charge >= 0.3 is 0 Å². The highest BCUT2D eigenvalue weighted by Gasteiger charge is 2.15. The molecule has 0 aliphatic carbocycles. The molecule has 17 heavy (non-hydrogen) atoms. The Kier molecular flexibility index (Phi) is 4.47. The van der Waals surface area contributed by atoms with Crippen molar-refractivity contribution in [2.24, 2.45) is 5.84 Å². The summed E-state index contributed by atoms with van der Waals surface area (Å²) >= 11 is 0. The number of hydrogen-bond donors (Lipinski definition) is 3. The molecule has 0 fully saturated rings. The number of rotatable bonds is 4. The molecule has 0 saturated heterocycles. The van der Waals surface area contributed by atoms with E-state index in [1.165, 1.54) is 0 Å². The molecular formula is C11H15N3O3. The fourth-order valence-corrected chi connectivity index (χ4v) is 1.21. The number of methoxy groups -OCH3 is 1. The molecule has 0 unspecified atom stereocenters. The van der Waals surface area contributed by atoms with Crippen LogP contribution in [0.3, 0.4) is 0 Å². The summed E-state index contributed by atoms with van der Waals surface area (Å²) in [6.45, 7) is 1.55. The number of ether oxygens (including phenoxy) is 1. The molecule has 0 aliphatic rings. The maximum atomic E-state index is 11.7. The predicted molar refractivity (Wildman–Crippen MR) is 62.3 cm³/mol. The van der Waals surface area contributed by atoms with Gasteiger partial charge in [0.25, 0.3) is 11.8 Å². The normalized spacial score (nSPS) is 11.5. The summed E-state index contributed by atoms with van der Waals surface area (Å²) in [7, 11) is 1.54. The van der Waals surface area contributed by atoms with Crippen molar-refractivity contribution in [2.75, 3.05) is 7.11 Å². The minimum atomic E-state index is -0.686. The van der Waals surface area contributed by atoms with Crippen molar-refractivity contribution in [1.29, 1.82) is 0 Å². The highest BCUT2D eigenvalue weighted by atomic mass is 16.5. The zero-order valence-corrected chi connectivity index (χ0v) is 9.69. The Balaban J connectivity index is 2.66. The first-order valence-electron chi connectivity index (χ1n) is 5.04. The third kappa shape index (κ3) is 3.46. The van der Waals surface area contributed by atoms with E-state index in [1.54, 1.807) is 38.3 Å². The lowest BCUT2D eigenvalue weighted by Gasteiger charge is -2.12. The SMILES string of the molecule is COc1ccc(C(=O)N[C@@H](C)C(=O)NN)cc1. The lowest BCUT2D eigenvalue weighted by molar-refractivity contribution is -0.122. The summed E-state index contributed by atoms with van der Waals surface area (Å²) < 4.78 is 4.97. The fraction of sp³-hybridized carbons (Fsp3) is 0.273. The second-order valence-electron chi connectivity index (χ2n) is 3.43. The van der Waals surface area contributed by atoms with Crippen LogP contribution in [0.25, 0.3) is 0 Å². The van der Waals surface area contributed by atoms with Gasteiger partial charge in [-0.1, -0.05) is 0 Å². The van der Waals surface area contributed by atoms with E-state index in [0.29, 0.717) is 11.3 Å². The van der Waals surface area contributed by atoms with E-state index in [-0.39, 0.29) is 5.91 Å². The molecule has 1 aromatic carbocycles. The van der Waals surface area contributed by atoms with Gasteiger partial charge in [0.15, 0.2) is 0 Å². The summed E-state index contributed by atoms with van der Waals surface area (Å²) in [4.78, 5) is 22.8. The molecule has 6 heteroatoms. The van der Waals surface area contributed by atoms with Crippen molar-refractivity contribution in [3.63, 3.8) is 0 Å². The van der Waals surface area contributed by atoms with Gasteiger partial charge in [0.2, 0.25) is 0 Å².